The molecule has 2 fully saturated rings. The van der Waals surface area contributed by atoms with Gasteiger partial charge in [0.15, 0.2) is 6.54 Å². The van der Waals surface area contributed by atoms with Crippen LogP contribution in [0.2, 0.25) is 0 Å². The summed E-state index contributed by atoms with van der Waals surface area (Å²) >= 11 is 1.82. The Morgan fingerprint density at radius 1 is 1.20 bits per heavy atom. The molecular formula is C18H24N5OS+. The van der Waals surface area contributed by atoms with Crippen molar-refractivity contribution in [3.63, 3.8) is 0 Å². The first-order chi connectivity index (χ1) is 12.3. The molecule has 1 amide bonds. The lowest BCUT2D eigenvalue weighted by Crippen LogP contribution is -3.11. The molecule has 2 aliphatic rings. The SMILES string of the molecule is O=C(C[NH+]1CCC[C@H]1c1cccs1)N1CCN(c2ncccn2)CC1. The van der Waals surface area contributed by atoms with E-state index in [-0.39, 0.29) is 5.91 Å². The van der Waals surface area contributed by atoms with E-state index in [2.05, 4.69) is 32.4 Å². The van der Waals surface area contributed by atoms with Crippen LogP contribution in [0.3, 0.4) is 0 Å². The normalized spacial score (nSPS) is 23.8. The zero-order chi connectivity index (χ0) is 17.1. The molecule has 2 aromatic heterocycles. The van der Waals surface area contributed by atoms with Gasteiger partial charge >= 0.3 is 0 Å². The lowest BCUT2D eigenvalue weighted by Gasteiger charge is -2.35. The summed E-state index contributed by atoms with van der Waals surface area (Å²) in [6.07, 6.45) is 5.94. The lowest BCUT2D eigenvalue weighted by atomic mass is 10.2. The minimum absolute atomic E-state index is 0.284. The number of aromatic nitrogens is 2. The molecule has 2 saturated heterocycles. The summed E-state index contributed by atoms with van der Waals surface area (Å²) in [5.41, 5.74) is 0. The number of hydrogen-bond acceptors (Lipinski definition) is 5. The second-order valence-corrected chi connectivity index (χ2v) is 7.69. The summed E-state index contributed by atoms with van der Waals surface area (Å²) in [5.74, 6) is 1.05. The number of hydrogen-bond donors (Lipinski definition) is 1. The van der Waals surface area contributed by atoms with Gasteiger partial charge in [-0.1, -0.05) is 6.07 Å². The number of thiophene rings is 1. The molecule has 2 atom stereocenters. The summed E-state index contributed by atoms with van der Waals surface area (Å²) in [6, 6.07) is 6.65. The van der Waals surface area contributed by atoms with Gasteiger partial charge in [-0.15, -0.1) is 11.3 Å². The zero-order valence-corrected chi connectivity index (χ0v) is 15.1. The van der Waals surface area contributed by atoms with Crippen LogP contribution in [-0.4, -0.2) is 60.0 Å². The van der Waals surface area contributed by atoms with Gasteiger partial charge in [-0.2, -0.15) is 0 Å². The third-order valence-corrected chi connectivity index (χ3v) is 6.20. The summed E-state index contributed by atoms with van der Waals surface area (Å²) in [4.78, 5) is 28.4. The Hall–Kier alpha value is -1.99. The first kappa shape index (κ1) is 16.5. The molecule has 0 aliphatic carbocycles. The number of carbonyl (C=O) groups is 1. The van der Waals surface area contributed by atoms with Crippen LogP contribution in [0.1, 0.15) is 23.8 Å². The standard InChI is InChI=1S/C18H23N5OS/c24-17(14-23-8-1-4-15(23)16-5-2-13-25-16)21-9-11-22(12-10-21)18-19-6-3-7-20-18/h2-3,5-7,13,15H,1,4,8-12,14H2/p+1/t15-/m0/s1. The highest BCUT2D eigenvalue weighted by atomic mass is 32.1. The van der Waals surface area contributed by atoms with E-state index in [1.165, 1.54) is 22.6 Å². The Labute approximate surface area is 152 Å². The highest BCUT2D eigenvalue weighted by Crippen LogP contribution is 2.23. The molecule has 0 saturated carbocycles. The van der Waals surface area contributed by atoms with Gasteiger partial charge < -0.3 is 14.7 Å². The molecule has 6 nitrogen and oxygen atoms in total. The van der Waals surface area contributed by atoms with Crippen molar-refractivity contribution in [2.75, 3.05) is 44.2 Å². The Morgan fingerprint density at radius 2 is 2.00 bits per heavy atom. The van der Waals surface area contributed by atoms with E-state index < -0.39 is 0 Å². The molecule has 132 valence electrons. The van der Waals surface area contributed by atoms with Gasteiger partial charge in [-0.05, 0) is 17.5 Å². The van der Waals surface area contributed by atoms with Crippen molar-refractivity contribution >= 4 is 23.2 Å². The van der Waals surface area contributed by atoms with Crippen LogP contribution < -0.4 is 9.80 Å². The third kappa shape index (κ3) is 3.67. The van der Waals surface area contributed by atoms with E-state index in [1.54, 1.807) is 12.4 Å². The van der Waals surface area contributed by atoms with Crippen molar-refractivity contribution in [1.29, 1.82) is 0 Å². The van der Waals surface area contributed by atoms with Crippen LogP contribution >= 0.6 is 11.3 Å². The van der Waals surface area contributed by atoms with Gasteiger partial charge in [0.25, 0.3) is 5.91 Å². The zero-order valence-electron chi connectivity index (χ0n) is 14.3. The van der Waals surface area contributed by atoms with Gasteiger partial charge in [-0.25, -0.2) is 9.97 Å². The predicted molar refractivity (Wildman–Crippen MR) is 97.8 cm³/mol. The largest absolute Gasteiger partial charge is 0.337 e. The maximum atomic E-state index is 12.8. The number of quaternary nitrogens is 1. The molecule has 1 unspecified atom stereocenters. The molecule has 7 heteroatoms. The smallest absolute Gasteiger partial charge is 0.277 e. The molecule has 0 bridgehead atoms. The topological polar surface area (TPSA) is 53.8 Å². The molecule has 4 heterocycles. The van der Waals surface area contributed by atoms with Crippen LogP contribution in [0.4, 0.5) is 5.95 Å². The second-order valence-electron chi connectivity index (χ2n) is 6.71. The Morgan fingerprint density at radius 3 is 2.72 bits per heavy atom. The van der Waals surface area contributed by atoms with E-state index in [9.17, 15) is 4.79 Å². The quantitative estimate of drug-likeness (QED) is 0.870. The number of piperazine rings is 1. The minimum atomic E-state index is 0.284. The Balaban J connectivity index is 1.32. The molecule has 2 aromatic rings. The number of amides is 1. The summed E-state index contributed by atoms with van der Waals surface area (Å²) in [7, 11) is 0. The van der Waals surface area contributed by atoms with Crippen molar-refractivity contribution in [1.82, 2.24) is 14.9 Å². The number of anilines is 1. The van der Waals surface area contributed by atoms with Crippen LogP contribution in [0.25, 0.3) is 0 Å². The molecule has 1 N–H and O–H groups in total. The fourth-order valence-electron chi connectivity index (χ4n) is 3.87. The number of nitrogens with one attached hydrogen (secondary N) is 1. The number of carbonyl (C=O) groups excluding carboxylic acids is 1. The number of rotatable bonds is 4. The van der Waals surface area contributed by atoms with E-state index in [0.29, 0.717) is 12.6 Å². The summed E-state index contributed by atoms with van der Waals surface area (Å²) in [5, 5.41) is 2.14. The molecule has 2 aliphatic heterocycles. The fourth-order valence-corrected chi connectivity index (χ4v) is 4.79. The predicted octanol–water partition coefficient (Wildman–Crippen LogP) is 0.607. The maximum Gasteiger partial charge on any atom is 0.277 e. The van der Waals surface area contributed by atoms with Gasteiger partial charge in [-0.3, -0.25) is 4.79 Å². The van der Waals surface area contributed by atoms with Gasteiger partial charge in [0.05, 0.1) is 11.4 Å². The van der Waals surface area contributed by atoms with E-state index in [0.717, 1.165) is 38.7 Å². The first-order valence-electron chi connectivity index (χ1n) is 8.99. The van der Waals surface area contributed by atoms with Crippen LogP contribution in [0, 0.1) is 0 Å². The summed E-state index contributed by atoms with van der Waals surface area (Å²) < 4.78 is 0. The second kappa shape index (κ2) is 7.49. The summed E-state index contributed by atoms with van der Waals surface area (Å²) in [6.45, 7) is 4.84. The van der Waals surface area contributed by atoms with Crippen LogP contribution in [0.5, 0.6) is 0 Å². The molecular weight excluding hydrogens is 334 g/mol. The monoisotopic (exact) mass is 358 g/mol. The van der Waals surface area contributed by atoms with Gasteiger partial charge in [0, 0.05) is 51.4 Å². The molecule has 25 heavy (non-hydrogen) atoms. The van der Waals surface area contributed by atoms with Crippen molar-refractivity contribution in [2.45, 2.75) is 18.9 Å². The lowest BCUT2D eigenvalue weighted by molar-refractivity contribution is -0.910. The Bertz CT molecular complexity index is 685. The first-order valence-corrected chi connectivity index (χ1v) is 9.87. The number of nitrogens with zero attached hydrogens (tertiary/aromatic N) is 4. The minimum Gasteiger partial charge on any atom is -0.337 e. The van der Waals surface area contributed by atoms with Gasteiger partial charge in [0.1, 0.15) is 6.04 Å². The molecule has 4 rings (SSSR count). The number of likely N-dealkylation sites (tertiary alicyclic amines) is 1. The maximum absolute atomic E-state index is 12.8. The molecule has 0 radical (unpaired) electrons. The van der Waals surface area contributed by atoms with E-state index in [4.69, 9.17) is 0 Å². The average Bonchev–Trinajstić information content (AvgIpc) is 3.34. The van der Waals surface area contributed by atoms with Crippen LogP contribution in [-0.2, 0) is 4.79 Å². The van der Waals surface area contributed by atoms with Gasteiger partial charge in [0.2, 0.25) is 5.95 Å². The third-order valence-electron chi connectivity index (χ3n) is 5.22. The van der Waals surface area contributed by atoms with E-state index >= 15 is 0 Å². The highest BCUT2D eigenvalue weighted by molar-refractivity contribution is 7.10. The van der Waals surface area contributed by atoms with Crippen LogP contribution in [0.15, 0.2) is 36.0 Å². The van der Waals surface area contributed by atoms with Crippen molar-refractivity contribution in [2.24, 2.45) is 0 Å². The average molecular weight is 358 g/mol. The molecule has 0 aromatic carbocycles. The fraction of sp³-hybridized carbons (Fsp3) is 0.500. The van der Waals surface area contributed by atoms with Crippen molar-refractivity contribution < 1.29 is 9.69 Å². The Kier molecular flexibility index (Phi) is 4.94. The van der Waals surface area contributed by atoms with Crippen molar-refractivity contribution in [3.8, 4) is 0 Å². The highest BCUT2D eigenvalue weighted by Gasteiger charge is 2.34. The van der Waals surface area contributed by atoms with Crippen molar-refractivity contribution in [3.05, 3.63) is 40.8 Å². The molecule has 0 spiro atoms. The van der Waals surface area contributed by atoms with E-state index in [1.807, 2.05) is 22.3 Å².